The molecule has 1 aliphatic rings. The van der Waals surface area contributed by atoms with Gasteiger partial charge in [0.1, 0.15) is 0 Å². The number of nitrogens with one attached hydrogen (secondary N) is 1. The second-order valence-corrected chi connectivity index (χ2v) is 5.91. The molecule has 0 amide bonds. The largest absolute Gasteiger partial charge is 0.397 e. The van der Waals surface area contributed by atoms with Gasteiger partial charge in [-0.15, -0.1) is 0 Å². The lowest BCUT2D eigenvalue weighted by atomic mass is 9.85. The van der Waals surface area contributed by atoms with Gasteiger partial charge in [-0.05, 0) is 43.7 Å². The summed E-state index contributed by atoms with van der Waals surface area (Å²) in [6, 6.07) is 8.61. The lowest BCUT2D eigenvalue weighted by molar-refractivity contribution is -0.115. The summed E-state index contributed by atoms with van der Waals surface area (Å²) in [5, 5.41) is 3.32. The number of ketones is 1. The minimum absolute atomic E-state index is 0.165. The van der Waals surface area contributed by atoms with Crippen molar-refractivity contribution in [1.82, 2.24) is 5.32 Å². The summed E-state index contributed by atoms with van der Waals surface area (Å²) in [4.78, 5) is 12.1. The molecule has 0 heterocycles. The molecule has 2 rings (SSSR count). The zero-order valence-electron chi connectivity index (χ0n) is 24.2. The van der Waals surface area contributed by atoms with Crippen LogP contribution in [0.3, 0.4) is 0 Å². The van der Waals surface area contributed by atoms with Crippen molar-refractivity contribution in [3.63, 3.8) is 0 Å². The maximum Gasteiger partial charge on any atom is 0.158 e. The lowest BCUT2D eigenvalue weighted by Gasteiger charge is -2.24. The number of benzene rings is 1. The Hall–Kier alpha value is -2.29. The van der Waals surface area contributed by atoms with E-state index in [4.69, 9.17) is 5.73 Å². The van der Waals surface area contributed by atoms with Crippen LogP contribution in [0.4, 0.5) is 0 Å². The molecule has 1 unspecified atom stereocenters. The van der Waals surface area contributed by atoms with Crippen LogP contribution in [0.15, 0.2) is 59.6 Å². The minimum Gasteiger partial charge on any atom is -0.397 e. The molecule has 3 heteroatoms. The van der Waals surface area contributed by atoms with Crippen LogP contribution in [0, 0.1) is 0 Å². The molecular formula is C30H56N2O. The summed E-state index contributed by atoms with van der Waals surface area (Å²) in [7, 11) is 0. The second-order valence-electron chi connectivity index (χ2n) is 5.91. The van der Waals surface area contributed by atoms with Crippen molar-refractivity contribution in [2.24, 2.45) is 5.73 Å². The number of allylic oxidation sites excluding steroid dienone is 4. The van der Waals surface area contributed by atoms with Gasteiger partial charge in [0, 0.05) is 18.2 Å². The first-order chi connectivity index (χ1) is 16.1. The van der Waals surface area contributed by atoms with Crippen LogP contribution in [0.5, 0.6) is 0 Å². The van der Waals surface area contributed by atoms with Gasteiger partial charge in [-0.1, -0.05) is 113 Å². The normalized spacial score (nSPS) is 14.5. The van der Waals surface area contributed by atoms with E-state index >= 15 is 0 Å². The highest BCUT2D eigenvalue weighted by Gasteiger charge is 2.22. The molecule has 33 heavy (non-hydrogen) atoms. The lowest BCUT2D eigenvalue weighted by Crippen LogP contribution is -2.24. The number of nitrogens with two attached hydrogens (primary N) is 1. The number of carbonyl (C=O) groups is 1. The third kappa shape index (κ3) is 16.0. The van der Waals surface area contributed by atoms with Crippen molar-refractivity contribution in [2.45, 2.75) is 115 Å². The van der Waals surface area contributed by atoms with Crippen molar-refractivity contribution >= 4 is 5.78 Å². The van der Waals surface area contributed by atoms with Crippen LogP contribution < -0.4 is 11.1 Å². The molecule has 0 saturated heterocycles. The minimum atomic E-state index is 0.165. The molecule has 0 fully saturated rings. The second kappa shape index (κ2) is 27.7. The summed E-state index contributed by atoms with van der Waals surface area (Å²) < 4.78 is 0. The van der Waals surface area contributed by atoms with Crippen molar-refractivity contribution in [3.8, 4) is 0 Å². The van der Waals surface area contributed by atoms with Crippen LogP contribution in [0.1, 0.15) is 120 Å². The third-order valence-electron chi connectivity index (χ3n) is 4.31. The van der Waals surface area contributed by atoms with E-state index in [0.29, 0.717) is 12.1 Å². The Bertz CT molecular complexity index is 652. The van der Waals surface area contributed by atoms with Crippen molar-refractivity contribution < 1.29 is 4.79 Å². The van der Waals surface area contributed by atoms with Gasteiger partial charge in [0.15, 0.2) is 5.78 Å². The monoisotopic (exact) mass is 460 g/mol. The zero-order chi connectivity index (χ0) is 26.8. The quantitative estimate of drug-likeness (QED) is 0.431. The van der Waals surface area contributed by atoms with Crippen LogP contribution in [0.2, 0.25) is 0 Å². The van der Waals surface area contributed by atoms with Gasteiger partial charge in [-0.2, -0.15) is 0 Å². The fourth-order valence-electron chi connectivity index (χ4n) is 2.88. The molecule has 0 aliphatic heterocycles. The fourth-order valence-corrected chi connectivity index (χ4v) is 2.88. The standard InChI is InChI=1S/C20H26N2O.5C2H6/c1-4-14-7-9-15(10-8-14)16-11-17(13-18(23)12-16)22-20(6-3)19(21)5-2;5*1-2/h5-10,13,16,22H,4,11-12,21H2,1-3H3;5*1-2H3/b19-5+,20-6+;;;;;. The first kappa shape index (κ1) is 38.0. The maximum absolute atomic E-state index is 12.1. The molecular weight excluding hydrogens is 404 g/mol. The van der Waals surface area contributed by atoms with E-state index in [-0.39, 0.29) is 11.7 Å². The third-order valence-corrected chi connectivity index (χ3v) is 4.31. The molecule has 3 N–H and O–H groups in total. The van der Waals surface area contributed by atoms with Crippen molar-refractivity contribution in [1.29, 1.82) is 0 Å². The highest BCUT2D eigenvalue weighted by molar-refractivity contribution is 5.92. The van der Waals surface area contributed by atoms with E-state index in [9.17, 15) is 4.79 Å². The summed E-state index contributed by atoms with van der Waals surface area (Å²) >= 11 is 0. The average Bonchev–Trinajstić information content (AvgIpc) is 2.92. The number of aryl methyl sites for hydroxylation is 1. The Morgan fingerprint density at radius 1 is 0.879 bits per heavy atom. The number of hydrogen-bond donors (Lipinski definition) is 2. The van der Waals surface area contributed by atoms with E-state index in [1.165, 1.54) is 11.1 Å². The smallest absolute Gasteiger partial charge is 0.158 e. The molecule has 0 aromatic heterocycles. The van der Waals surface area contributed by atoms with E-state index in [1.54, 1.807) is 6.08 Å². The number of rotatable bonds is 5. The van der Waals surface area contributed by atoms with E-state index in [2.05, 4.69) is 36.5 Å². The Morgan fingerprint density at radius 3 is 1.76 bits per heavy atom. The molecule has 0 radical (unpaired) electrons. The van der Waals surface area contributed by atoms with Crippen molar-refractivity contribution in [2.75, 3.05) is 0 Å². The highest BCUT2D eigenvalue weighted by atomic mass is 16.1. The summed E-state index contributed by atoms with van der Waals surface area (Å²) in [5.41, 5.74) is 11.0. The summed E-state index contributed by atoms with van der Waals surface area (Å²) in [6.07, 6.45) is 7.93. The predicted molar refractivity (Wildman–Crippen MR) is 152 cm³/mol. The van der Waals surface area contributed by atoms with Gasteiger partial charge in [-0.3, -0.25) is 4.79 Å². The molecule has 1 atom stereocenters. The van der Waals surface area contributed by atoms with Gasteiger partial charge in [-0.25, -0.2) is 0 Å². The van der Waals surface area contributed by atoms with E-state index < -0.39 is 0 Å². The molecule has 192 valence electrons. The molecule has 0 bridgehead atoms. The van der Waals surface area contributed by atoms with Gasteiger partial charge >= 0.3 is 0 Å². The maximum atomic E-state index is 12.1. The Kier molecular flexibility index (Phi) is 31.9. The molecule has 1 aliphatic carbocycles. The van der Waals surface area contributed by atoms with Gasteiger partial charge in [0.05, 0.1) is 11.4 Å². The van der Waals surface area contributed by atoms with Crippen molar-refractivity contribution in [3.05, 3.63) is 70.7 Å². The number of carbonyl (C=O) groups excluding carboxylic acids is 1. The Labute approximate surface area is 207 Å². The number of hydrogen-bond acceptors (Lipinski definition) is 3. The summed E-state index contributed by atoms with van der Waals surface area (Å²) in [6.45, 7) is 26.0. The van der Waals surface area contributed by atoms with E-state index in [1.807, 2.05) is 95.2 Å². The predicted octanol–water partition coefficient (Wildman–Crippen LogP) is 9.07. The first-order valence-electron chi connectivity index (χ1n) is 13.2. The molecule has 1 aromatic carbocycles. The zero-order valence-corrected chi connectivity index (χ0v) is 24.2. The average molecular weight is 461 g/mol. The van der Waals surface area contributed by atoms with Crippen LogP contribution in [0.25, 0.3) is 0 Å². The van der Waals surface area contributed by atoms with Crippen LogP contribution in [-0.4, -0.2) is 5.78 Å². The SMILES string of the molecule is C/C=C(N)\C(=C/C)NC1=CC(=O)CC(c2ccc(CC)cc2)C1.CC.CC.CC.CC.CC. The van der Waals surface area contributed by atoms with Crippen LogP contribution >= 0.6 is 0 Å². The van der Waals surface area contributed by atoms with Gasteiger partial charge < -0.3 is 11.1 Å². The van der Waals surface area contributed by atoms with E-state index in [0.717, 1.165) is 24.2 Å². The highest BCUT2D eigenvalue weighted by Crippen LogP contribution is 2.31. The summed E-state index contributed by atoms with van der Waals surface area (Å²) in [5.74, 6) is 0.392. The fraction of sp³-hybridized carbons (Fsp3) is 0.567. The molecule has 0 saturated carbocycles. The first-order valence-corrected chi connectivity index (χ1v) is 13.2. The molecule has 3 nitrogen and oxygen atoms in total. The van der Waals surface area contributed by atoms with Gasteiger partial charge in [0.25, 0.3) is 0 Å². The Balaban J connectivity index is -0.000000371. The molecule has 1 aromatic rings. The topological polar surface area (TPSA) is 55.1 Å². The van der Waals surface area contributed by atoms with Gasteiger partial charge in [0.2, 0.25) is 0 Å². The Morgan fingerprint density at radius 2 is 1.36 bits per heavy atom. The van der Waals surface area contributed by atoms with Crippen LogP contribution in [-0.2, 0) is 11.2 Å². The molecule has 0 spiro atoms.